The van der Waals surface area contributed by atoms with Crippen LogP contribution in [0, 0.1) is 22.0 Å². The van der Waals surface area contributed by atoms with E-state index in [9.17, 15) is 37.7 Å². The second-order valence-electron chi connectivity index (χ2n) is 13.5. The van der Waals surface area contributed by atoms with Crippen molar-refractivity contribution in [2.45, 2.75) is 98.9 Å². The highest BCUT2D eigenvalue weighted by Gasteiger charge is 2.30. The number of carbonyl (C=O) groups excluding carboxylic acids is 3. The van der Waals surface area contributed by atoms with Crippen LogP contribution in [-0.2, 0) is 32.0 Å². The molecule has 1 N–H and O–H groups in total. The normalized spacial score (nSPS) is 12.6. The van der Waals surface area contributed by atoms with Gasteiger partial charge in [0.25, 0.3) is 5.09 Å². The molecular formula is C46H59F3N2O10. The van der Waals surface area contributed by atoms with Crippen molar-refractivity contribution in [1.29, 1.82) is 0 Å². The second kappa shape index (κ2) is 30.0. The van der Waals surface area contributed by atoms with Crippen LogP contribution >= 0.6 is 0 Å². The first kappa shape index (κ1) is 52.9. The number of alkyl halides is 3. The maximum Gasteiger partial charge on any atom is 0.416 e. The lowest BCUT2D eigenvalue weighted by molar-refractivity contribution is -0.763. The van der Waals surface area contributed by atoms with E-state index in [1.807, 2.05) is 0 Å². The Morgan fingerprint density at radius 1 is 0.902 bits per heavy atom. The van der Waals surface area contributed by atoms with Gasteiger partial charge in [-0.2, -0.15) is 13.2 Å². The third-order valence-electron chi connectivity index (χ3n) is 8.84. The van der Waals surface area contributed by atoms with Gasteiger partial charge in [-0.25, -0.2) is 9.59 Å². The third kappa shape index (κ3) is 22.7. The number of hydrogen-bond acceptors (Lipinski definition) is 10. The van der Waals surface area contributed by atoms with E-state index in [0.717, 1.165) is 25.0 Å². The van der Waals surface area contributed by atoms with Crippen molar-refractivity contribution >= 4 is 24.4 Å². The van der Waals surface area contributed by atoms with Crippen molar-refractivity contribution in [3.8, 4) is 23.0 Å². The molecule has 0 aliphatic rings. The summed E-state index contributed by atoms with van der Waals surface area (Å²) < 4.78 is 58.7. The standard InChI is InChI=1S/C21H20N2O9.C18H25F3O.C7H14/c1-14(22-13-24)21(26)32-18-8-6-15(11-19(18)29-2)7-9-20(25)31-17-5-3-4-16(10-17)12-30-23(27)28;1-4-14(3)15(5-2)9-6-7-12-22-17-11-8-10-16(13-17)18(19,20)21;1-3-5-7-6-4-2/h3-11,13-14H,12H2,1-2H3,(H,22,24);6,8-11,13-15H,4-5,7,12H2,1-3H3;3,5H,4,6-7H2,1-2H3/b9-7+;9-6+;5-3-. The number of rotatable bonds is 22. The molecule has 0 saturated carbocycles. The molecule has 3 aromatic rings. The summed E-state index contributed by atoms with van der Waals surface area (Å²) in [4.78, 5) is 49.0. The Balaban J connectivity index is 0.000000553. The van der Waals surface area contributed by atoms with E-state index in [1.54, 1.807) is 30.3 Å². The fourth-order valence-electron chi connectivity index (χ4n) is 5.18. The second-order valence-corrected chi connectivity index (χ2v) is 13.5. The average Bonchev–Trinajstić information content (AvgIpc) is 3.24. The summed E-state index contributed by atoms with van der Waals surface area (Å²) in [6.45, 7) is 12.4. The lowest BCUT2D eigenvalue weighted by atomic mass is 9.89. The molecule has 0 aliphatic heterocycles. The van der Waals surface area contributed by atoms with Gasteiger partial charge in [0.1, 0.15) is 24.1 Å². The third-order valence-corrected chi connectivity index (χ3v) is 8.84. The van der Waals surface area contributed by atoms with E-state index in [0.29, 0.717) is 42.4 Å². The molecule has 0 heterocycles. The molecule has 0 saturated heterocycles. The number of esters is 2. The van der Waals surface area contributed by atoms with Crippen molar-refractivity contribution in [3.05, 3.63) is 124 Å². The summed E-state index contributed by atoms with van der Waals surface area (Å²) in [5, 5.41) is 11.6. The molecule has 0 bridgehead atoms. The Morgan fingerprint density at radius 3 is 2.25 bits per heavy atom. The molecule has 0 fully saturated rings. The lowest BCUT2D eigenvalue weighted by Crippen LogP contribution is -2.36. The van der Waals surface area contributed by atoms with Crippen molar-refractivity contribution in [2.24, 2.45) is 11.8 Å². The predicted octanol–water partition coefficient (Wildman–Crippen LogP) is 10.9. The summed E-state index contributed by atoms with van der Waals surface area (Å²) in [5.74, 6) is 0.688. The van der Waals surface area contributed by atoms with Gasteiger partial charge >= 0.3 is 18.1 Å². The summed E-state index contributed by atoms with van der Waals surface area (Å²) in [7, 11) is 1.39. The molecule has 61 heavy (non-hydrogen) atoms. The number of allylic oxidation sites excluding steroid dienone is 3. The molecule has 12 nitrogen and oxygen atoms in total. The molecule has 1 amide bonds. The van der Waals surface area contributed by atoms with E-state index in [1.165, 1.54) is 69.7 Å². The van der Waals surface area contributed by atoms with Crippen LogP contribution in [0.4, 0.5) is 13.2 Å². The number of amides is 1. The quantitative estimate of drug-likeness (QED) is 0.0151. The van der Waals surface area contributed by atoms with Gasteiger partial charge in [-0.05, 0) is 105 Å². The van der Waals surface area contributed by atoms with E-state index in [-0.39, 0.29) is 29.6 Å². The summed E-state index contributed by atoms with van der Waals surface area (Å²) in [6, 6.07) is 14.9. The molecule has 0 radical (unpaired) electrons. The van der Waals surface area contributed by atoms with Gasteiger partial charge in [0.2, 0.25) is 6.41 Å². The number of ether oxygens (including phenoxy) is 4. The first-order valence-corrected chi connectivity index (χ1v) is 20.0. The van der Waals surface area contributed by atoms with Gasteiger partial charge < -0.3 is 29.1 Å². The number of hydrogen-bond donors (Lipinski definition) is 1. The first-order chi connectivity index (χ1) is 29.1. The zero-order valence-electron chi connectivity index (χ0n) is 35.9. The van der Waals surface area contributed by atoms with Crippen LogP contribution < -0.4 is 24.3 Å². The van der Waals surface area contributed by atoms with E-state index in [2.05, 4.69) is 69.1 Å². The smallest absolute Gasteiger partial charge is 0.416 e. The van der Waals surface area contributed by atoms with Crippen LogP contribution in [0.3, 0.4) is 0 Å². The number of benzene rings is 3. The molecule has 3 rings (SSSR count). The number of methoxy groups -OCH3 is 1. The first-order valence-electron chi connectivity index (χ1n) is 20.0. The molecular weight excluding hydrogens is 798 g/mol. The monoisotopic (exact) mass is 856 g/mol. The minimum absolute atomic E-state index is 0.144. The maximum atomic E-state index is 12.6. The van der Waals surface area contributed by atoms with Crippen LogP contribution in [0.1, 0.15) is 96.8 Å². The number of unbranched alkanes of at least 4 members (excludes halogenated alkanes) is 2. The fourth-order valence-corrected chi connectivity index (χ4v) is 5.18. The van der Waals surface area contributed by atoms with Crippen LogP contribution in [0.5, 0.6) is 23.0 Å². The Kier molecular flexibility index (Phi) is 26.0. The summed E-state index contributed by atoms with van der Waals surface area (Å²) >= 11 is 0. The Morgan fingerprint density at radius 2 is 1.62 bits per heavy atom. The zero-order chi connectivity index (χ0) is 45.6. The molecule has 0 aliphatic carbocycles. The number of halogens is 3. The molecule has 3 aromatic carbocycles. The van der Waals surface area contributed by atoms with Gasteiger partial charge in [0.15, 0.2) is 11.5 Å². The number of nitrogens with zero attached hydrogens (tertiary/aromatic N) is 1. The Hall–Kier alpha value is -6.12. The van der Waals surface area contributed by atoms with Crippen molar-refractivity contribution in [2.75, 3.05) is 13.7 Å². The Bertz CT molecular complexity index is 1860. The van der Waals surface area contributed by atoms with Crippen LogP contribution in [0.2, 0.25) is 0 Å². The largest absolute Gasteiger partial charge is 0.493 e. The summed E-state index contributed by atoms with van der Waals surface area (Å²) in [5.41, 5.74) is 0.345. The molecule has 0 aromatic heterocycles. The zero-order valence-corrected chi connectivity index (χ0v) is 35.9. The van der Waals surface area contributed by atoms with Gasteiger partial charge in [-0.1, -0.05) is 95.5 Å². The van der Waals surface area contributed by atoms with Crippen molar-refractivity contribution < 1.29 is 56.4 Å². The van der Waals surface area contributed by atoms with Gasteiger partial charge in [0, 0.05) is 6.08 Å². The highest BCUT2D eigenvalue weighted by atomic mass is 19.4. The molecule has 3 unspecified atom stereocenters. The minimum atomic E-state index is -4.33. The minimum Gasteiger partial charge on any atom is -0.493 e. The molecule has 3 atom stereocenters. The molecule has 334 valence electrons. The highest BCUT2D eigenvalue weighted by molar-refractivity contribution is 5.89. The van der Waals surface area contributed by atoms with Gasteiger partial charge in [0.05, 0.1) is 19.3 Å². The average molecular weight is 857 g/mol. The van der Waals surface area contributed by atoms with E-state index < -0.39 is 34.8 Å². The lowest BCUT2D eigenvalue weighted by Gasteiger charge is -2.17. The molecule has 15 heteroatoms. The SMILES string of the molecule is C/C=C\CCCC.CCC(C)C(/C=C/CCOc1cccc(C(F)(F)F)c1)CC.COc1cc(/C=C/C(=O)Oc2cccc(CO[N+](=O)[O-])c2)ccc1OC(=O)C(C)NC=O. The van der Waals surface area contributed by atoms with Crippen molar-refractivity contribution in [1.82, 2.24) is 5.32 Å². The van der Waals surface area contributed by atoms with E-state index >= 15 is 0 Å². The highest BCUT2D eigenvalue weighted by Crippen LogP contribution is 2.32. The fraction of sp³-hybridized carbons (Fsp3) is 0.413. The number of nitrogens with one attached hydrogen (secondary N) is 1. The molecule has 0 spiro atoms. The summed E-state index contributed by atoms with van der Waals surface area (Å²) in [6.07, 6.45) is 14.1. The Labute approximate surface area is 356 Å². The van der Waals surface area contributed by atoms with Gasteiger partial charge in [-0.15, -0.1) is 10.1 Å². The van der Waals surface area contributed by atoms with Crippen LogP contribution in [0.25, 0.3) is 6.08 Å². The van der Waals surface area contributed by atoms with Crippen LogP contribution in [0.15, 0.2) is 97.1 Å². The van der Waals surface area contributed by atoms with Crippen LogP contribution in [-0.4, -0.2) is 43.2 Å². The van der Waals surface area contributed by atoms with Gasteiger partial charge in [-0.3, -0.25) is 4.79 Å². The van der Waals surface area contributed by atoms with Crippen molar-refractivity contribution in [3.63, 3.8) is 0 Å². The maximum absolute atomic E-state index is 12.6. The number of carbonyl (C=O) groups is 3. The topological polar surface area (TPSA) is 153 Å². The van der Waals surface area contributed by atoms with E-state index in [4.69, 9.17) is 18.9 Å². The predicted molar refractivity (Wildman–Crippen MR) is 228 cm³/mol.